The fraction of sp³-hybridized carbons (Fsp3) is 0.857. The molecule has 54 valence electrons. The van der Waals surface area contributed by atoms with E-state index in [4.69, 9.17) is 0 Å². The average molecular weight is 213 g/mol. The topological polar surface area (TPSA) is 15.3 Å². The second-order valence-electron chi connectivity index (χ2n) is 2.63. The number of likely N-dealkylation sites (tertiary alicyclic amines) is 1. The van der Waals surface area contributed by atoms with E-state index < -0.39 is 0 Å². The number of rotatable bonds is 2. The molecule has 0 aromatic rings. The van der Waals surface area contributed by atoms with Crippen molar-refractivity contribution in [1.29, 1.82) is 0 Å². The Balaban J connectivity index is 0.000000810. The van der Waals surface area contributed by atoms with Crippen molar-refractivity contribution in [3.8, 4) is 0 Å². The first-order chi connectivity index (χ1) is 4.34. The fourth-order valence-electron chi connectivity index (χ4n) is 1.26. The minimum absolute atomic E-state index is 0. The first kappa shape index (κ1) is 11.7. The third kappa shape index (κ3) is 3.41. The summed E-state index contributed by atoms with van der Waals surface area (Å²) in [5.41, 5.74) is 0. The first-order valence-electron chi connectivity index (χ1n) is 3.53. The van der Waals surface area contributed by atoms with Gasteiger partial charge in [0.15, 0.2) is 0 Å². The Labute approximate surface area is 113 Å². The molecule has 2 nitrogen and oxygen atoms in total. The van der Waals surface area contributed by atoms with E-state index in [9.17, 15) is 0 Å². The predicted octanol–water partition coefficient (Wildman–Crippen LogP) is -2.88. The Morgan fingerprint density at radius 1 is 1.70 bits per heavy atom. The van der Waals surface area contributed by atoms with E-state index in [1.807, 2.05) is 7.05 Å². The Kier molecular flexibility index (Phi) is 7.35. The summed E-state index contributed by atoms with van der Waals surface area (Å²) in [6.07, 6.45) is 3.62. The van der Waals surface area contributed by atoms with Crippen molar-refractivity contribution >= 4 is 0 Å². The summed E-state index contributed by atoms with van der Waals surface area (Å²) in [6, 6.07) is 0.676. The van der Waals surface area contributed by atoms with Crippen LogP contribution in [0, 0.1) is 6.42 Å². The van der Waals surface area contributed by atoms with Crippen molar-refractivity contribution in [2.24, 2.45) is 0 Å². The third-order valence-electron chi connectivity index (χ3n) is 1.90. The van der Waals surface area contributed by atoms with Crippen molar-refractivity contribution in [2.75, 3.05) is 27.2 Å². The molecule has 0 amide bonds. The standard InChI is InChI=1S/C7H15N2.Rb/c1-8-6-7-4-3-5-9(7)2;/h4,7-8H,3,5-6H2,1-2H3;/q-1;+1. The first-order valence-corrected chi connectivity index (χ1v) is 3.53. The van der Waals surface area contributed by atoms with Crippen LogP contribution in [-0.2, 0) is 0 Å². The van der Waals surface area contributed by atoms with Crippen LogP contribution < -0.4 is 63.5 Å². The maximum atomic E-state index is 3.17. The van der Waals surface area contributed by atoms with E-state index in [0.717, 1.165) is 6.54 Å². The summed E-state index contributed by atoms with van der Waals surface area (Å²) in [7, 11) is 4.17. The molecule has 1 atom stereocenters. The number of hydrogen-bond acceptors (Lipinski definition) is 2. The Hall–Kier alpha value is 1.73. The van der Waals surface area contributed by atoms with E-state index in [2.05, 4.69) is 23.7 Å². The molecule has 1 aliphatic heterocycles. The van der Waals surface area contributed by atoms with Gasteiger partial charge >= 0.3 is 58.2 Å². The summed E-state index contributed by atoms with van der Waals surface area (Å²) in [5.74, 6) is 0. The monoisotopic (exact) mass is 212 g/mol. The van der Waals surface area contributed by atoms with E-state index in [1.54, 1.807) is 0 Å². The molecule has 1 unspecified atom stereocenters. The second kappa shape index (κ2) is 6.26. The molecule has 0 aromatic heterocycles. The zero-order chi connectivity index (χ0) is 6.69. The average Bonchev–Trinajstić information content (AvgIpc) is 2.18. The quantitative estimate of drug-likeness (QED) is 0.495. The summed E-state index contributed by atoms with van der Waals surface area (Å²) < 4.78 is 0. The maximum Gasteiger partial charge on any atom is 1.00 e. The Morgan fingerprint density at radius 3 is 2.80 bits per heavy atom. The summed E-state index contributed by atoms with van der Waals surface area (Å²) in [6.45, 7) is 2.32. The van der Waals surface area contributed by atoms with Crippen LogP contribution in [0.3, 0.4) is 0 Å². The molecule has 0 spiro atoms. The molecule has 1 N–H and O–H groups in total. The van der Waals surface area contributed by atoms with Gasteiger partial charge in [-0.25, -0.2) is 0 Å². The van der Waals surface area contributed by atoms with E-state index >= 15 is 0 Å². The van der Waals surface area contributed by atoms with Gasteiger partial charge in [-0.3, -0.25) is 0 Å². The van der Waals surface area contributed by atoms with Crippen LogP contribution in [0.25, 0.3) is 0 Å². The summed E-state index contributed by atoms with van der Waals surface area (Å²) in [5, 5.41) is 3.17. The normalized spacial score (nSPS) is 26.4. The molecule has 1 rings (SSSR count). The fourth-order valence-corrected chi connectivity index (χ4v) is 1.26. The van der Waals surface area contributed by atoms with E-state index in [1.165, 1.54) is 13.0 Å². The van der Waals surface area contributed by atoms with Crippen molar-refractivity contribution in [1.82, 2.24) is 10.2 Å². The van der Waals surface area contributed by atoms with Gasteiger partial charge in [0.25, 0.3) is 0 Å². The Bertz CT molecular complexity index is 87.7. The zero-order valence-electron chi connectivity index (χ0n) is 7.22. The Morgan fingerprint density at radius 2 is 2.40 bits per heavy atom. The molecule has 1 saturated heterocycles. The summed E-state index contributed by atoms with van der Waals surface area (Å²) >= 11 is 0. The predicted molar refractivity (Wildman–Crippen MR) is 39.3 cm³/mol. The molecule has 0 saturated carbocycles. The van der Waals surface area contributed by atoms with Gasteiger partial charge in [0.2, 0.25) is 0 Å². The maximum absolute atomic E-state index is 3.17. The summed E-state index contributed by atoms with van der Waals surface area (Å²) in [4.78, 5) is 2.37. The number of nitrogens with one attached hydrogen (secondary N) is 1. The molecular formula is C7H15N2Rb. The molecule has 1 fully saturated rings. The van der Waals surface area contributed by atoms with Gasteiger partial charge in [0.05, 0.1) is 0 Å². The van der Waals surface area contributed by atoms with Crippen LogP contribution in [-0.4, -0.2) is 38.1 Å². The largest absolute Gasteiger partial charge is 1.00 e. The van der Waals surface area contributed by atoms with E-state index in [0.29, 0.717) is 6.04 Å². The van der Waals surface area contributed by atoms with Gasteiger partial charge in [-0.05, 0) is 27.2 Å². The van der Waals surface area contributed by atoms with Gasteiger partial charge < -0.3 is 16.6 Å². The molecule has 0 aromatic carbocycles. The van der Waals surface area contributed by atoms with Crippen LogP contribution in [0.4, 0.5) is 0 Å². The van der Waals surface area contributed by atoms with Crippen LogP contribution in [0.1, 0.15) is 6.42 Å². The van der Waals surface area contributed by atoms with Crippen molar-refractivity contribution in [3.05, 3.63) is 6.42 Å². The van der Waals surface area contributed by atoms with Gasteiger partial charge in [-0.1, -0.05) is 0 Å². The molecule has 0 bridgehead atoms. The second-order valence-corrected chi connectivity index (χ2v) is 2.63. The van der Waals surface area contributed by atoms with Crippen molar-refractivity contribution in [3.63, 3.8) is 0 Å². The van der Waals surface area contributed by atoms with Crippen LogP contribution in [0.2, 0.25) is 0 Å². The van der Waals surface area contributed by atoms with Gasteiger partial charge in [-0.15, -0.1) is 6.04 Å². The van der Waals surface area contributed by atoms with Crippen molar-refractivity contribution in [2.45, 2.75) is 12.5 Å². The smallest absolute Gasteiger partial charge is 0.334 e. The van der Waals surface area contributed by atoms with Gasteiger partial charge in [-0.2, -0.15) is 6.42 Å². The number of nitrogens with zero attached hydrogens (tertiary/aromatic N) is 1. The molecule has 3 heteroatoms. The van der Waals surface area contributed by atoms with Crippen LogP contribution in [0.5, 0.6) is 0 Å². The molecule has 1 aliphatic rings. The molecular weight excluding hydrogens is 198 g/mol. The zero-order valence-corrected chi connectivity index (χ0v) is 12.1. The van der Waals surface area contributed by atoms with Gasteiger partial charge in [0.1, 0.15) is 0 Å². The molecule has 1 heterocycles. The SMILES string of the molecule is CNCC1[CH-]CCN1C.[Rb+]. The molecule has 10 heavy (non-hydrogen) atoms. The van der Waals surface area contributed by atoms with Crippen LogP contribution in [0.15, 0.2) is 0 Å². The minimum Gasteiger partial charge on any atom is -0.334 e. The van der Waals surface area contributed by atoms with Gasteiger partial charge in [0, 0.05) is 0 Å². The third-order valence-corrected chi connectivity index (χ3v) is 1.90. The van der Waals surface area contributed by atoms with E-state index in [-0.39, 0.29) is 58.2 Å². The minimum atomic E-state index is 0. The molecule has 0 aliphatic carbocycles. The van der Waals surface area contributed by atoms with Crippen LogP contribution >= 0.6 is 0 Å². The molecule has 0 radical (unpaired) electrons. The van der Waals surface area contributed by atoms with Crippen molar-refractivity contribution < 1.29 is 58.2 Å². The number of hydrogen-bond donors (Lipinski definition) is 1. The number of likely N-dealkylation sites (N-methyl/N-ethyl adjacent to an activating group) is 2.